The van der Waals surface area contributed by atoms with Crippen LogP contribution in [-0.4, -0.2) is 28.3 Å². The Bertz CT molecular complexity index is 580. The molecule has 0 saturated carbocycles. The van der Waals surface area contributed by atoms with Crippen LogP contribution in [0.4, 0.5) is 11.4 Å². The Morgan fingerprint density at radius 1 is 1.57 bits per heavy atom. The molecule has 0 atom stereocenters. The number of nitrogens with two attached hydrogens (primary N) is 1. The van der Waals surface area contributed by atoms with Gasteiger partial charge >= 0.3 is 0 Å². The fourth-order valence-electron chi connectivity index (χ4n) is 1.87. The summed E-state index contributed by atoms with van der Waals surface area (Å²) in [5, 5.41) is 19.5. The van der Waals surface area contributed by atoms with Crippen molar-refractivity contribution < 1.29 is 9.72 Å². The van der Waals surface area contributed by atoms with Gasteiger partial charge in [0.1, 0.15) is 5.69 Å². The molecular formula is C13H17N5O3. The quantitative estimate of drug-likeness (QED) is 0.466. The molecule has 1 rings (SSSR count). The zero-order valence-corrected chi connectivity index (χ0v) is 11.9. The van der Waals surface area contributed by atoms with Crippen LogP contribution in [0.5, 0.6) is 0 Å². The molecule has 112 valence electrons. The van der Waals surface area contributed by atoms with E-state index in [9.17, 15) is 14.9 Å². The first kappa shape index (κ1) is 16.4. The van der Waals surface area contributed by atoms with Gasteiger partial charge in [-0.1, -0.05) is 0 Å². The fourth-order valence-corrected chi connectivity index (χ4v) is 1.87. The molecule has 8 heteroatoms. The Morgan fingerprint density at radius 3 is 2.71 bits per heavy atom. The molecule has 0 aliphatic heterocycles. The molecule has 21 heavy (non-hydrogen) atoms. The number of nitrogen functional groups attached to an aromatic ring is 1. The van der Waals surface area contributed by atoms with Crippen molar-refractivity contribution >= 4 is 17.3 Å². The maximum absolute atomic E-state index is 12.4. The van der Waals surface area contributed by atoms with Crippen molar-refractivity contribution in [3.63, 3.8) is 0 Å². The van der Waals surface area contributed by atoms with Gasteiger partial charge < -0.3 is 10.3 Å². The molecule has 0 bridgehead atoms. The summed E-state index contributed by atoms with van der Waals surface area (Å²) in [5.41, 5.74) is 2.36. The number of nitriles is 1. The van der Waals surface area contributed by atoms with Crippen molar-refractivity contribution in [3.8, 4) is 6.07 Å². The topological polar surface area (TPSA) is 125 Å². The normalized spacial score (nSPS) is 10.0. The van der Waals surface area contributed by atoms with Crippen LogP contribution in [0.15, 0.2) is 18.2 Å². The standard InChI is InChI=1S/C13H17N5O3/c1-9(2)17(7-3-6-14)13(19)10-4-5-12(18(20)21)11(8-10)16-15/h4-5,8-9,16H,3,7,15H2,1-2H3. The van der Waals surface area contributed by atoms with E-state index in [-0.39, 0.29) is 35.3 Å². The second-order valence-corrected chi connectivity index (χ2v) is 4.63. The number of nitrogens with zero attached hydrogens (tertiary/aromatic N) is 3. The minimum Gasteiger partial charge on any atom is -0.335 e. The largest absolute Gasteiger partial charge is 0.335 e. The summed E-state index contributed by atoms with van der Waals surface area (Å²) in [4.78, 5) is 24.2. The van der Waals surface area contributed by atoms with Gasteiger partial charge in [0, 0.05) is 24.2 Å². The van der Waals surface area contributed by atoms with Crippen molar-refractivity contribution in [1.82, 2.24) is 4.90 Å². The Hall–Kier alpha value is -2.66. The van der Waals surface area contributed by atoms with E-state index in [0.29, 0.717) is 6.54 Å². The molecule has 8 nitrogen and oxygen atoms in total. The first-order valence-electron chi connectivity index (χ1n) is 6.35. The van der Waals surface area contributed by atoms with E-state index in [2.05, 4.69) is 5.43 Å². The lowest BCUT2D eigenvalue weighted by Gasteiger charge is -2.26. The number of carbonyl (C=O) groups is 1. The van der Waals surface area contributed by atoms with Crippen LogP contribution >= 0.6 is 0 Å². The molecule has 0 aromatic heterocycles. The predicted octanol–water partition coefficient (Wildman–Crippen LogP) is 1.64. The lowest BCUT2D eigenvalue weighted by molar-refractivity contribution is -0.384. The molecule has 1 aromatic carbocycles. The summed E-state index contributed by atoms with van der Waals surface area (Å²) in [6, 6.07) is 5.84. The minimum atomic E-state index is -0.584. The van der Waals surface area contributed by atoms with Gasteiger partial charge in [-0.15, -0.1) is 0 Å². The molecule has 0 aliphatic rings. The van der Waals surface area contributed by atoms with Crippen molar-refractivity contribution in [2.24, 2.45) is 5.84 Å². The summed E-state index contributed by atoms with van der Waals surface area (Å²) in [5.74, 6) is 4.95. The second-order valence-electron chi connectivity index (χ2n) is 4.63. The van der Waals surface area contributed by atoms with Crippen molar-refractivity contribution in [2.75, 3.05) is 12.0 Å². The van der Waals surface area contributed by atoms with Crippen molar-refractivity contribution in [3.05, 3.63) is 33.9 Å². The molecular weight excluding hydrogens is 274 g/mol. The van der Waals surface area contributed by atoms with Gasteiger partial charge in [-0.2, -0.15) is 5.26 Å². The minimum absolute atomic E-state index is 0.0647. The number of hydrogen-bond acceptors (Lipinski definition) is 6. The average Bonchev–Trinajstić information content (AvgIpc) is 2.46. The maximum atomic E-state index is 12.4. The second kappa shape index (κ2) is 7.21. The fraction of sp³-hybridized carbons (Fsp3) is 0.385. The van der Waals surface area contributed by atoms with E-state index < -0.39 is 4.92 Å². The lowest BCUT2D eigenvalue weighted by atomic mass is 10.1. The molecule has 1 aromatic rings. The number of nitro benzene ring substituents is 1. The number of hydrogen-bond donors (Lipinski definition) is 2. The summed E-state index contributed by atoms with van der Waals surface area (Å²) >= 11 is 0. The number of amides is 1. The smallest absolute Gasteiger partial charge is 0.293 e. The number of nitrogens with one attached hydrogen (secondary N) is 1. The van der Waals surface area contributed by atoms with Gasteiger partial charge in [0.05, 0.1) is 17.4 Å². The van der Waals surface area contributed by atoms with E-state index in [1.54, 1.807) is 0 Å². The van der Waals surface area contributed by atoms with Gasteiger partial charge in [0.25, 0.3) is 11.6 Å². The summed E-state index contributed by atoms with van der Waals surface area (Å²) in [7, 11) is 0. The molecule has 1 amide bonds. The Morgan fingerprint density at radius 2 is 2.24 bits per heavy atom. The van der Waals surface area contributed by atoms with Crippen LogP contribution in [0, 0.1) is 21.4 Å². The highest BCUT2D eigenvalue weighted by Crippen LogP contribution is 2.25. The highest BCUT2D eigenvalue weighted by Gasteiger charge is 2.21. The molecule has 0 heterocycles. The summed E-state index contributed by atoms with van der Waals surface area (Å²) in [6.07, 6.45) is 0.221. The average molecular weight is 291 g/mol. The molecule has 0 spiro atoms. The Kier molecular flexibility index (Phi) is 5.63. The van der Waals surface area contributed by atoms with Gasteiger partial charge in [-0.05, 0) is 26.0 Å². The molecule has 3 N–H and O–H groups in total. The van der Waals surface area contributed by atoms with Crippen LogP contribution in [0.1, 0.15) is 30.6 Å². The number of rotatable bonds is 6. The van der Waals surface area contributed by atoms with Gasteiger partial charge in [0.15, 0.2) is 0 Å². The predicted molar refractivity (Wildman–Crippen MR) is 77.3 cm³/mol. The van der Waals surface area contributed by atoms with Gasteiger partial charge in [-0.3, -0.25) is 20.8 Å². The SMILES string of the molecule is CC(C)N(CCC#N)C(=O)c1ccc([N+](=O)[O-])c(NN)c1. The Labute approximate surface area is 122 Å². The Balaban J connectivity index is 3.11. The lowest BCUT2D eigenvalue weighted by Crippen LogP contribution is -2.37. The van der Waals surface area contributed by atoms with Crippen LogP contribution in [0.25, 0.3) is 0 Å². The molecule has 0 unspecified atom stereocenters. The highest BCUT2D eigenvalue weighted by molar-refractivity contribution is 5.96. The van der Waals surface area contributed by atoms with E-state index in [1.807, 2.05) is 19.9 Å². The maximum Gasteiger partial charge on any atom is 0.293 e. The number of carbonyl (C=O) groups excluding carboxylic acids is 1. The number of anilines is 1. The van der Waals surface area contributed by atoms with Gasteiger partial charge in [0.2, 0.25) is 0 Å². The third kappa shape index (κ3) is 3.90. The van der Waals surface area contributed by atoms with Crippen LogP contribution in [0.2, 0.25) is 0 Å². The molecule has 0 aliphatic carbocycles. The monoisotopic (exact) mass is 291 g/mol. The van der Waals surface area contributed by atoms with Crippen LogP contribution in [0.3, 0.4) is 0 Å². The van der Waals surface area contributed by atoms with E-state index in [4.69, 9.17) is 11.1 Å². The van der Waals surface area contributed by atoms with Crippen molar-refractivity contribution in [2.45, 2.75) is 26.3 Å². The van der Waals surface area contributed by atoms with Crippen LogP contribution in [-0.2, 0) is 0 Å². The molecule has 0 fully saturated rings. The number of hydrazine groups is 1. The number of nitro groups is 1. The molecule has 0 radical (unpaired) electrons. The zero-order valence-electron chi connectivity index (χ0n) is 11.9. The number of benzene rings is 1. The van der Waals surface area contributed by atoms with E-state index >= 15 is 0 Å². The van der Waals surface area contributed by atoms with E-state index in [1.165, 1.54) is 23.1 Å². The summed E-state index contributed by atoms with van der Waals surface area (Å²) in [6.45, 7) is 3.97. The first-order valence-corrected chi connectivity index (χ1v) is 6.35. The highest BCUT2D eigenvalue weighted by atomic mass is 16.6. The van der Waals surface area contributed by atoms with Gasteiger partial charge in [-0.25, -0.2) is 0 Å². The van der Waals surface area contributed by atoms with E-state index in [0.717, 1.165) is 0 Å². The zero-order chi connectivity index (χ0) is 16.0. The molecule has 0 saturated heterocycles. The third-order valence-corrected chi connectivity index (χ3v) is 2.94. The van der Waals surface area contributed by atoms with Crippen LogP contribution < -0.4 is 11.3 Å². The third-order valence-electron chi connectivity index (χ3n) is 2.94. The first-order chi connectivity index (χ1) is 9.92. The summed E-state index contributed by atoms with van der Waals surface area (Å²) < 4.78 is 0. The van der Waals surface area contributed by atoms with Crippen molar-refractivity contribution in [1.29, 1.82) is 5.26 Å².